The van der Waals surface area contributed by atoms with Crippen LogP contribution in [0.15, 0.2) is 34.2 Å². The van der Waals surface area contributed by atoms with Gasteiger partial charge < -0.3 is 4.90 Å². The third-order valence-corrected chi connectivity index (χ3v) is 5.17. The van der Waals surface area contributed by atoms with E-state index < -0.39 is 0 Å². The minimum absolute atomic E-state index is 0.101. The van der Waals surface area contributed by atoms with Crippen LogP contribution < -0.4 is 5.56 Å². The van der Waals surface area contributed by atoms with E-state index in [-0.39, 0.29) is 11.5 Å². The second kappa shape index (κ2) is 7.90. The Balaban J connectivity index is 1.94. The molecule has 0 aliphatic carbocycles. The van der Waals surface area contributed by atoms with E-state index in [2.05, 4.69) is 24.0 Å². The maximum Gasteiger partial charge on any atom is 0.262 e. The average molecular weight is 373 g/mol. The number of carbonyl (C=O) groups excluding carboxylic acids is 1. The second-order valence-electron chi connectivity index (χ2n) is 6.17. The number of thioether (sulfide) groups is 1. The number of nitrogens with zero attached hydrogens (tertiary/aromatic N) is 5. The summed E-state index contributed by atoms with van der Waals surface area (Å²) in [4.78, 5) is 26.9. The zero-order chi connectivity index (χ0) is 18.7. The molecule has 0 saturated carbocycles. The Kier molecular flexibility index (Phi) is 5.61. The summed E-state index contributed by atoms with van der Waals surface area (Å²) in [7, 11) is 1.68. The number of amides is 1. The molecule has 0 aliphatic rings. The van der Waals surface area contributed by atoms with Gasteiger partial charge in [-0.15, -0.1) is 10.2 Å². The Labute approximate surface area is 156 Å². The number of carbonyl (C=O) groups is 1. The topological polar surface area (TPSA) is 72.5 Å². The van der Waals surface area contributed by atoms with Crippen molar-refractivity contribution >= 4 is 34.3 Å². The van der Waals surface area contributed by atoms with Crippen molar-refractivity contribution < 1.29 is 4.79 Å². The normalized spacial score (nSPS) is 11.3. The fourth-order valence-electron chi connectivity index (χ4n) is 3.02. The highest BCUT2D eigenvalue weighted by Crippen LogP contribution is 2.21. The quantitative estimate of drug-likeness (QED) is 0.594. The third-order valence-electron chi connectivity index (χ3n) is 4.26. The van der Waals surface area contributed by atoms with E-state index in [1.54, 1.807) is 13.1 Å². The fraction of sp³-hybridized carbons (Fsp3) is 0.444. The minimum Gasteiger partial charge on any atom is -0.342 e. The highest BCUT2D eigenvalue weighted by atomic mass is 32.2. The van der Waals surface area contributed by atoms with Gasteiger partial charge in [-0.3, -0.25) is 18.6 Å². The second-order valence-corrected chi connectivity index (χ2v) is 7.11. The molecular formula is C18H23N5O2S. The summed E-state index contributed by atoms with van der Waals surface area (Å²) in [5, 5.41) is 9.60. The van der Waals surface area contributed by atoms with Crippen molar-refractivity contribution in [2.75, 3.05) is 18.8 Å². The van der Waals surface area contributed by atoms with Crippen LogP contribution in [0.2, 0.25) is 0 Å². The van der Waals surface area contributed by atoms with E-state index in [1.807, 2.05) is 27.5 Å². The maximum absolute atomic E-state index is 12.5. The van der Waals surface area contributed by atoms with Crippen molar-refractivity contribution in [3.05, 3.63) is 34.6 Å². The summed E-state index contributed by atoms with van der Waals surface area (Å²) in [5.41, 5.74) is 0.648. The molecule has 2 heterocycles. The number of para-hydroxylation sites is 1. The van der Waals surface area contributed by atoms with Crippen LogP contribution in [-0.4, -0.2) is 48.8 Å². The van der Waals surface area contributed by atoms with E-state index in [9.17, 15) is 9.59 Å². The lowest BCUT2D eigenvalue weighted by Gasteiger charge is -2.21. The number of fused-ring (bicyclic) bond motifs is 3. The fourth-order valence-corrected chi connectivity index (χ4v) is 3.87. The molecule has 8 heteroatoms. The van der Waals surface area contributed by atoms with Gasteiger partial charge in [0.05, 0.1) is 16.7 Å². The molecule has 0 atom stereocenters. The van der Waals surface area contributed by atoms with Crippen LogP contribution >= 0.6 is 11.8 Å². The van der Waals surface area contributed by atoms with Crippen LogP contribution in [0.1, 0.15) is 26.7 Å². The van der Waals surface area contributed by atoms with Gasteiger partial charge in [0.25, 0.3) is 5.56 Å². The number of benzene rings is 1. The van der Waals surface area contributed by atoms with Gasteiger partial charge in [-0.05, 0) is 25.0 Å². The molecular weight excluding hydrogens is 350 g/mol. The van der Waals surface area contributed by atoms with Gasteiger partial charge in [0.2, 0.25) is 11.7 Å². The van der Waals surface area contributed by atoms with Gasteiger partial charge in [0.1, 0.15) is 0 Å². The van der Waals surface area contributed by atoms with Gasteiger partial charge in [-0.25, -0.2) is 0 Å². The molecule has 0 bridgehead atoms. The number of aromatic nitrogens is 4. The molecule has 0 radical (unpaired) electrons. The first-order chi connectivity index (χ1) is 12.6. The zero-order valence-corrected chi connectivity index (χ0v) is 16.1. The van der Waals surface area contributed by atoms with E-state index in [0.29, 0.717) is 22.1 Å². The lowest BCUT2D eigenvalue weighted by atomic mass is 10.2. The summed E-state index contributed by atoms with van der Waals surface area (Å²) in [6.45, 7) is 5.68. The molecule has 138 valence electrons. The summed E-state index contributed by atoms with van der Waals surface area (Å²) in [6, 6.07) is 7.38. The Morgan fingerprint density at radius 3 is 2.54 bits per heavy atom. The van der Waals surface area contributed by atoms with Crippen molar-refractivity contribution in [1.29, 1.82) is 0 Å². The predicted molar refractivity (Wildman–Crippen MR) is 104 cm³/mol. The Bertz CT molecular complexity index is 988. The molecule has 7 nitrogen and oxygen atoms in total. The zero-order valence-electron chi connectivity index (χ0n) is 15.3. The van der Waals surface area contributed by atoms with Crippen LogP contribution in [0.3, 0.4) is 0 Å². The van der Waals surface area contributed by atoms with Crippen LogP contribution in [-0.2, 0) is 11.8 Å². The van der Waals surface area contributed by atoms with Crippen LogP contribution in [0, 0.1) is 0 Å². The molecule has 0 saturated heterocycles. The first-order valence-electron chi connectivity index (χ1n) is 8.81. The lowest BCUT2D eigenvalue weighted by molar-refractivity contribution is -0.128. The Morgan fingerprint density at radius 2 is 1.85 bits per heavy atom. The third kappa shape index (κ3) is 3.33. The van der Waals surface area contributed by atoms with Gasteiger partial charge >= 0.3 is 0 Å². The molecule has 0 fully saturated rings. The van der Waals surface area contributed by atoms with Gasteiger partial charge in [0.15, 0.2) is 5.16 Å². The molecule has 0 aliphatic heterocycles. The monoisotopic (exact) mass is 373 g/mol. The van der Waals surface area contributed by atoms with Crippen molar-refractivity contribution in [2.24, 2.45) is 7.05 Å². The number of hydrogen-bond acceptors (Lipinski definition) is 5. The van der Waals surface area contributed by atoms with E-state index >= 15 is 0 Å². The molecule has 2 aromatic heterocycles. The van der Waals surface area contributed by atoms with Crippen LogP contribution in [0.4, 0.5) is 0 Å². The highest BCUT2D eigenvalue weighted by molar-refractivity contribution is 7.99. The molecule has 1 amide bonds. The van der Waals surface area contributed by atoms with Crippen molar-refractivity contribution in [3.8, 4) is 0 Å². The standard InChI is InChI=1S/C18H23N5O2S/c1-4-10-22(11-5-2)15(24)12-26-18-20-19-17-21(3)16(25)13-8-6-7-9-14(13)23(17)18/h6-9H,4-5,10-12H2,1-3H3. The van der Waals surface area contributed by atoms with Gasteiger partial charge in [-0.1, -0.05) is 37.7 Å². The first kappa shape index (κ1) is 18.4. The largest absolute Gasteiger partial charge is 0.342 e. The number of aryl methyl sites for hydroxylation is 1. The SMILES string of the molecule is CCCN(CCC)C(=O)CSc1nnc2n(C)c(=O)c3ccccc3n12. The minimum atomic E-state index is -0.106. The van der Waals surface area contributed by atoms with Crippen LogP contribution in [0.25, 0.3) is 16.7 Å². The molecule has 1 aromatic carbocycles. The smallest absolute Gasteiger partial charge is 0.262 e. The maximum atomic E-state index is 12.5. The lowest BCUT2D eigenvalue weighted by Crippen LogP contribution is -2.33. The number of hydrogen-bond donors (Lipinski definition) is 0. The average Bonchev–Trinajstić information content (AvgIpc) is 3.08. The van der Waals surface area contributed by atoms with E-state index in [0.717, 1.165) is 31.4 Å². The summed E-state index contributed by atoms with van der Waals surface area (Å²) in [5.74, 6) is 0.880. The van der Waals surface area contributed by atoms with Gasteiger partial charge in [0, 0.05) is 20.1 Å². The van der Waals surface area contributed by atoms with Crippen molar-refractivity contribution in [2.45, 2.75) is 31.8 Å². The Hall–Kier alpha value is -2.35. The molecule has 26 heavy (non-hydrogen) atoms. The predicted octanol–water partition coefficient (Wildman–Crippen LogP) is 2.32. The van der Waals surface area contributed by atoms with Crippen molar-refractivity contribution in [1.82, 2.24) is 24.1 Å². The molecule has 3 aromatic rings. The first-order valence-corrected chi connectivity index (χ1v) is 9.80. The van der Waals surface area contributed by atoms with Gasteiger partial charge in [-0.2, -0.15) is 0 Å². The van der Waals surface area contributed by atoms with E-state index in [1.165, 1.54) is 16.3 Å². The molecule has 0 unspecified atom stereocenters. The number of rotatable bonds is 7. The summed E-state index contributed by atoms with van der Waals surface area (Å²) in [6.07, 6.45) is 1.88. The van der Waals surface area contributed by atoms with E-state index in [4.69, 9.17) is 0 Å². The highest BCUT2D eigenvalue weighted by Gasteiger charge is 2.17. The molecule has 0 spiro atoms. The summed E-state index contributed by atoms with van der Waals surface area (Å²) < 4.78 is 3.33. The van der Waals surface area contributed by atoms with Crippen molar-refractivity contribution in [3.63, 3.8) is 0 Å². The Morgan fingerprint density at radius 1 is 1.15 bits per heavy atom. The molecule has 3 rings (SSSR count). The molecule has 0 N–H and O–H groups in total. The summed E-state index contributed by atoms with van der Waals surface area (Å²) >= 11 is 1.36. The van der Waals surface area contributed by atoms with Crippen LogP contribution in [0.5, 0.6) is 0 Å².